The number of hydrogen-bond acceptors (Lipinski definition) is 2. The molecule has 1 atom stereocenters. The van der Waals surface area contributed by atoms with E-state index in [2.05, 4.69) is 53.8 Å². The second kappa shape index (κ2) is 4.64. The molecule has 1 N–H and O–H groups in total. The minimum Gasteiger partial charge on any atom is -0.308 e. The van der Waals surface area contributed by atoms with Crippen LogP contribution < -0.4 is 5.32 Å². The van der Waals surface area contributed by atoms with Gasteiger partial charge in [0.05, 0.1) is 11.4 Å². The lowest BCUT2D eigenvalue weighted by molar-refractivity contribution is 0.281. The number of hydrogen-bond donors (Lipinski definition) is 1. The summed E-state index contributed by atoms with van der Waals surface area (Å²) >= 11 is 0. The highest BCUT2D eigenvalue weighted by Crippen LogP contribution is 2.37. The molecule has 0 aliphatic heterocycles. The number of aryl methyl sites for hydroxylation is 1. The van der Waals surface area contributed by atoms with Crippen molar-refractivity contribution in [1.82, 2.24) is 14.7 Å². The van der Waals surface area contributed by atoms with Crippen LogP contribution in [0.15, 0.2) is 24.4 Å². The molecule has 3 heteroatoms. The highest BCUT2D eigenvalue weighted by atomic mass is 15.1. The molecule has 3 rings (SSSR count). The van der Waals surface area contributed by atoms with Crippen LogP contribution in [0.1, 0.15) is 44.5 Å². The van der Waals surface area contributed by atoms with Crippen LogP contribution in [0, 0.1) is 12.3 Å². The number of aromatic nitrogens is 2. The Morgan fingerprint density at radius 3 is 3.00 bits per heavy atom. The molecule has 102 valence electrons. The third kappa shape index (κ3) is 2.27. The van der Waals surface area contributed by atoms with Crippen LogP contribution >= 0.6 is 0 Å². The Kier molecular flexibility index (Phi) is 3.09. The molecule has 2 heterocycles. The van der Waals surface area contributed by atoms with Gasteiger partial charge in [-0.15, -0.1) is 0 Å². The van der Waals surface area contributed by atoms with E-state index < -0.39 is 0 Å². The molecule has 1 unspecified atom stereocenters. The number of nitrogens with zero attached hydrogens (tertiary/aromatic N) is 2. The second-order valence-electron chi connectivity index (χ2n) is 6.39. The average molecular weight is 257 g/mol. The lowest BCUT2D eigenvalue weighted by Gasteiger charge is -2.28. The van der Waals surface area contributed by atoms with Gasteiger partial charge in [0, 0.05) is 18.8 Å². The third-order valence-corrected chi connectivity index (χ3v) is 4.60. The molecule has 0 amide bonds. The first kappa shape index (κ1) is 12.7. The van der Waals surface area contributed by atoms with E-state index in [1.807, 2.05) is 6.07 Å². The maximum atomic E-state index is 4.62. The van der Waals surface area contributed by atoms with Gasteiger partial charge < -0.3 is 9.72 Å². The predicted octanol–water partition coefficient (Wildman–Crippen LogP) is 3.31. The third-order valence-electron chi connectivity index (χ3n) is 4.60. The van der Waals surface area contributed by atoms with Crippen molar-refractivity contribution in [3.8, 4) is 0 Å². The number of nitrogens with one attached hydrogen (secondary N) is 1. The monoisotopic (exact) mass is 257 g/mol. The van der Waals surface area contributed by atoms with Crippen molar-refractivity contribution in [3.63, 3.8) is 0 Å². The summed E-state index contributed by atoms with van der Waals surface area (Å²) in [5.74, 6) is 0. The van der Waals surface area contributed by atoms with Gasteiger partial charge in [-0.25, -0.2) is 4.98 Å². The Morgan fingerprint density at radius 2 is 2.26 bits per heavy atom. The molecule has 0 radical (unpaired) electrons. The van der Waals surface area contributed by atoms with Gasteiger partial charge in [-0.1, -0.05) is 26.3 Å². The topological polar surface area (TPSA) is 29.3 Å². The van der Waals surface area contributed by atoms with Gasteiger partial charge in [-0.2, -0.15) is 0 Å². The summed E-state index contributed by atoms with van der Waals surface area (Å²) in [5.41, 5.74) is 3.89. The van der Waals surface area contributed by atoms with Crippen molar-refractivity contribution in [2.75, 3.05) is 0 Å². The van der Waals surface area contributed by atoms with Crippen LogP contribution in [-0.2, 0) is 6.54 Å². The zero-order valence-electron chi connectivity index (χ0n) is 12.1. The SMILES string of the molecule is Cc1nc2ccccn2c1CNC1CCCC1(C)C. The number of fused-ring (bicyclic) bond motifs is 1. The predicted molar refractivity (Wildman–Crippen MR) is 78.2 cm³/mol. The Hall–Kier alpha value is -1.35. The Morgan fingerprint density at radius 1 is 1.42 bits per heavy atom. The van der Waals surface area contributed by atoms with Crippen LogP contribution in [-0.4, -0.2) is 15.4 Å². The minimum atomic E-state index is 0.425. The molecular weight excluding hydrogens is 234 g/mol. The van der Waals surface area contributed by atoms with Gasteiger partial charge in [0.15, 0.2) is 0 Å². The van der Waals surface area contributed by atoms with Crippen molar-refractivity contribution in [1.29, 1.82) is 0 Å². The maximum Gasteiger partial charge on any atom is 0.137 e. The maximum absolute atomic E-state index is 4.62. The average Bonchev–Trinajstić information content (AvgIpc) is 2.86. The molecule has 0 saturated heterocycles. The molecule has 19 heavy (non-hydrogen) atoms. The molecule has 1 saturated carbocycles. The van der Waals surface area contributed by atoms with Crippen LogP contribution in [0.5, 0.6) is 0 Å². The highest BCUT2D eigenvalue weighted by Gasteiger charge is 2.34. The summed E-state index contributed by atoms with van der Waals surface area (Å²) in [5, 5.41) is 3.75. The van der Waals surface area contributed by atoms with E-state index in [1.54, 1.807) is 0 Å². The zero-order valence-corrected chi connectivity index (χ0v) is 12.1. The van der Waals surface area contributed by atoms with Crippen molar-refractivity contribution in [2.45, 2.75) is 52.6 Å². The first-order chi connectivity index (χ1) is 9.08. The van der Waals surface area contributed by atoms with Crippen LogP contribution in [0.4, 0.5) is 0 Å². The summed E-state index contributed by atoms with van der Waals surface area (Å²) < 4.78 is 2.20. The standard InChI is InChI=1S/C16H23N3/c1-12-13(19-10-5-4-8-15(19)18-12)11-17-14-7-6-9-16(14,2)3/h4-5,8,10,14,17H,6-7,9,11H2,1-3H3. The largest absolute Gasteiger partial charge is 0.308 e. The summed E-state index contributed by atoms with van der Waals surface area (Å²) in [7, 11) is 0. The van der Waals surface area contributed by atoms with E-state index in [4.69, 9.17) is 0 Å². The number of pyridine rings is 1. The fourth-order valence-electron chi connectivity index (χ4n) is 3.30. The summed E-state index contributed by atoms with van der Waals surface area (Å²) in [6, 6.07) is 6.80. The van der Waals surface area contributed by atoms with E-state index >= 15 is 0 Å². The quantitative estimate of drug-likeness (QED) is 0.914. The fraction of sp³-hybridized carbons (Fsp3) is 0.562. The zero-order chi connectivity index (χ0) is 13.5. The molecule has 1 aliphatic rings. The minimum absolute atomic E-state index is 0.425. The molecular formula is C16H23N3. The van der Waals surface area contributed by atoms with Crippen LogP contribution in [0.2, 0.25) is 0 Å². The van der Waals surface area contributed by atoms with Gasteiger partial charge in [-0.3, -0.25) is 0 Å². The van der Waals surface area contributed by atoms with Crippen molar-refractivity contribution in [3.05, 3.63) is 35.8 Å². The van der Waals surface area contributed by atoms with Gasteiger partial charge in [0.2, 0.25) is 0 Å². The molecule has 2 aromatic heterocycles. The fourth-order valence-corrected chi connectivity index (χ4v) is 3.30. The Bertz CT molecular complexity index is 583. The smallest absolute Gasteiger partial charge is 0.137 e. The molecule has 0 spiro atoms. The lowest BCUT2D eigenvalue weighted by atomic mass is 9.87. The van der Waals surface area contributed by atoms with Crippen LogP contribution in [0.3, 0.4) is 0 Å². The molecule has 1 aliphatic carbocycles. The van der Waals surface area contributed by atoms with Crippen molar-refractivity contribution < 1.29 is 0 Å². The van der Waals surface area contributed by atoms with E-state index in [0.717, 1.165) is 17.9 Å². The van der Waals surface area contributed by atoms with Gasteiger partial charge in [-0.05, 0) is 37.3 Å². The van der Waals surface area contributed by atoms with Gasteiger partial charge in [0.25, 0.3) is 0 Å². The molecule has 0 bridgehead atoms. The summed E-state index contributed by atoms with van der Waals surface area (Å²) in [6.07, 6.45) is 6.07. The van der Waals surface area contributed by atoms with E-state index in [-0.39, 0.29) is 0 Å². The van der Waals surface area contributed by atoms with E-state index in [1.165, 1.54) is 25.0 Å². The normalized spacial score (nSPS) is 22.2. The Balaban J connectivity index is 1.80. The summed E-state index contributed by atoms with van der Waals surface area (Å²) in [4.78, 5) is 4.62. The van der Waals surface area contributed by atoms with Gasteiger partial charge in [0.1, 0.15) is 5.65 Å². The molecule has 0 aromatic carbocycles. The van der Waals surface area contributed by atoms with Crippen LogP contribution in [0.25, 0.3) is 5.65 Å². The lowest BCUT2D eigenvalue weighted by Crippen LogP contribution is -2.37. The van der Waals surface area contributed by atoms with E-state index in [0.29, 0.717) is 11.5 Å². The highest BCUT2D eigenvalue weighted by molar-refractivity contribution is 5.42. The van der Waals surface area contributed by atoms with Crippen molar-refractivity contribution in [2.24, 2.45) is 5.41 Å². The summed E-state index contributed by atoms with van der Waals surface area (Å²) in [6.45, 7) is 7.76. The first-order valence-corrected chi connectivity index (χ1v) is 7.24. The Labute approximate surface area is 115 Å². The van der Waals surface area contributed by atoms with Gasteiger partial charge >= 0.3 is 0 Å². The molecule has 1 fully saturated rings. The van der Waals surface area contributed by atoms with Crippen molar-refractivity contribution >= 4 is 5.65 Å². The number of rotatable bonds is 3. The number of imidazole rings is 1. The second-order valence-corrected chi connectivity index (χ2v) is 6.39. The first-order valence-electron chi connectivity index (χ1n) is 7.24. The molecule has 2 aromatic rings. The van der Waals surface area contributed by atoms with E-state index in [9.17, 15) is 0 Å². The molecule has 3 nitrogen and oxygen atoms in total.